The first-order chi connectivity index (χ1) is 14.4. The number of hydrogen-bond acceptors (Lipinski definition) is 6. The maximum atomic E-state index is 12.0. The molecule has 30 heavy (non-hydrogen) atoms. The fourth-order valence-corrected chi connectivity index (χ4v) is 3.26. The minimum absolute atomic E-state index is 0.0911. The molecule has 0 saturated carbocycles. The molecule has 0 bridgehead atoms. The second-order valence-electron chi connectivity index (χ2n) is 5.99. The van der Waals surface area contributed by atoms with Crippen molar-refractivity contribution in [3.63, 3.8) is 0 Å². The van der Waals surface area contributed by atoms with E-state index in [9.17, 15) is 14.9 Å². The molecule has 0 spiro atoms. The lowest BCUT2D eigenvalue weighted by atomic mass is 10.3. The minimum atomic E-state index is -0.525. The van der Waals surface area contributed by atoms with Gasteiger partial charge >= 0.3 is 0 Å². The van der Waals surface area contributed by atoms with Crippen molar-refractivity contribution in [2.75, 3.05) is 6.61 Å². The third-order valence-electron chi connectivity index (χ3n) is 3.92. The van der Waals surface area contributed by atoms with E-state index in [1.165, 1.54) is 24.4 Å². The van der Waals surface area contributed by atoms with Crippen molar-refractivity contribution in [2.45, 2.75) is 6.92 Å². The van der Waals surface area contributed by atoms with E-state index in [2.05, 4.69) is 31.6 Å². The molecule has 1 N–H and O–H groups in total. The molecule has 11 heteroatoms. The highest BCUT2D eigenvalue weighted by molar-refractivity contribution is 9.10. The average Bonchev–Trinajstić information content (AvgIpc) is 3.01. The van der Waals surface area contributed by atoms with Crippen LogP contribution in [-0.4, -0.2) is 33.4 Å². The number of amides is 1. The lowest BCUT2D eigenvalue weighted by molar-refractivity contribution is -0.384. The molecule has 0 aliphatic heterocycles. The Bertz CT molecular complexity index is 1120. The predicted molar refractivity (Wildman–Crippen MR) is 115 cm³/mol. The zero-order valence-electron chi connectivity index (χ0n) is 15.6. The molecule has 0 atom stereocenters. The standard InChI is InChI=1S/C19H15BrClN5O4/c1-12-15(19(21)25(24-12)13-5-3-2-4-6-13)10-22-23-18(27)11-30-17-8-7-14(26(28)29)9-16(17)20/h2-10H,11H2,1H3,(H,23,27). The summed E-state index contributed by atoms with van der Waals surface area (Å²) in [7, 11) is 0. The smallest absolute Gasteiger partial charge is 0.277 e. The van der Waals surface area contributed by atoms with Gasteiger partial charge in [-0.1, -0.05) is 29.8 Å². The van der Waals surface area contributed by atoms with E-state index in [-0.39, 0.29) is 12.3 Å². The summed E-state index contributed by atoms with van der Waals surface area (Å²) in [5.41, 5.74) is 4.27. The van der Waals surface area contributed by atoms with Crippen LogP contribution >= 0.6 is 27.5 Å². The van der Waals surface area contributed by atoms with Crippen LogP contribution in [-0.2, 0) is 4.79 Å². The maximum absolute atomic E-state index is 12.0. The van der Waals surface area contributed by atoms with E-state index in [0.717, 1.165) is 5.69 Å². The number of non-ortho nitro benzene ring substituents is 1. The highest BCUT2D eigenvalue weighted by Crippen LogP contribution is 2.29. The van der Waals surface area contributed by atoms with Crippen molar-refractivity contribution >= 4 is 45.3 Å². The number of nitro groups is 1. The number of hydrazone groups is 1. The van der Waals surface area contributed by atoms with Gasteiger partial charge in [0.05, 0.1) is 32.6 Å². The number of halogens is 2. The summed E-state index contributed by atoms with van der Waals surface area (Å²) in [5, 5.41) is 19.4. The molecular weight excluding hydrogens is 478 g/mol. The molecule has 0 unspecified atom stereocenters. The van der Waals surface area contributed by atoms with Gasteiger partial charge in [-0.25, -0.2) is 10.1 Å². The van der Waals surface area contributed by atoms with Crippen molar-refractivity contribution in [3.8, 4) is 11.4 Å². The molecule has 9 nitrogen and oxygen atoms in total. The van der Waals surface area contributed by atoms with Crippen molar-refractivity contribution in [2.24, 2.45) is 5.10 Å². The van der Waals surface area contributed by atoms with E-state index in [4.69, 9.17) is 16.3 Å². The molecule has 154 valence electrons. The normalized spacial score (nSPS) is 10.9. The van der Waals surface area contributed by atoms with E-state index in [1.54, 1.807) is 11.6 Å². The van der Waals surface area contributed by atoms with Gasteiger partial charge in [-0.2, -0.15) is 10.2 Å². The second-order valence-corrected chi connectivity index (χ2v) is 7.20. The number of ether oxygens (including phenoxy) is 1. The van der Waals surface area contributed by atoms with Gasteiger partial charge in [0.25, 0.3) is 11.6 Å². The molecule has 1 aromatic heterocycles. The van der Waals surface area contributed by atoms with Gasteiger partial charge in [-0.3, -0.25) is 14.9 Å². The summed E-state index contributed by atoms with van der Waals surface area (Å²) in [6.45, 7) is 1.45. The van der Waals surface area contributed by atoms with Crippen LogP contribution in [0.4, 0.5) is 5.69 Å². The van der Waals surface area contributed by atoms with Crippen molar-refractivity contribution < 1.29 is 14.5 Å². The SMILES string of the molecule is Cc1nn(-c2ccccc2)c(Cl)c1C=NNC(=O)COc1ccc([N+](=O)[O-])cc1Br. The second kappa shape index (κ2) is 9.51. The minimum Gasteiger partial charge on any atom is -0.483 e. The Morgan fingerprint density at radius 2 is 2.10 bits per heavy atom. The van der Waals surface area contributed by atoms with Gasteiger partial charge in [0, 0.05) is 12.1 Å². The Morgan fingerprint density at radius 3 is 2.77 bits per heavy atom. The number of carbonyl (C=O) groups is 1. The fourth-order valence-electron chi connectivity index (χ4n) is 2.46. The number of para-hydroxylation sites is 1. The van der Waals surface area contributed by atoms with Crippen LogP contribution in [0.25, 0.3) is 5.69 Å². The van der Waals surface area contributed by atoms with Gasteiger partial charge in [0.15, 0.2) is 6.61 Å². The largest absolute Gasteiger partial charge is 0.483 e. The van der Waals surface area contributed by atoms with Crippen LogP contribution in [0, 0.1) is 17.0 Å². The van der Waals surface area contributed by atoms with Crippen molar-refractivity contribution in [3.05, 3.63) is 79.5 Å². The summed E-state index contributed by atoms with van der Waals surface area (Å²) in [6.07, 6.45) is 1.41. The van der Waals surface area contributed by atoms with Gasteiger partial charge in [-0.05, 0) is 41.1 Å². The van der Waals surface area contributed by atoms with E-state index in [0.29, 0.717) is 26.6 Å². The number of nitrogens with one attached hydrogen (secondary N) is 1. The number of nitrogens with zero attached hydrogens (tertiary/aromatic N) is 4. The molecule has 0 saturated heterocycles. The molecule has 0 aliphatic carbocycles. The number of nitro benzene ring substituents is 1. The van der Waals surface area contributed by atoms with E-state index >= 15 is 0 Å². The topological polar surface area (TPSA) is 112 Å². The lowest BCUT2D eigenvalue weighted by Gasteiger charge is -2.06. The summed E-state index contributed by atoms with van der Waals surface area (Å²) < 4.78 is 7.29. The first kappa shape index (κ1) is 21.5. The Morgan fingerprint density at radius 1 is 1.37 bits per heavy atom. The number of carbonyl (C=O) groups excluding carboxylic acids is 1. The van der Waals surface area contributed by atoms with Crippen molar-refractivity contribution in [1.82, 2.24) is 15.2 Å². The Hall–Kier alpha value is -3.24. The molecule has 2 aromatic carbocycles. The zero-order valence-corrected chi connectivity index (χ0v) is 17.9. The number of aromatic nitrogens is 2. The van der Waals surface area contributed by atoms with Crippen molar-refractivity contribution in [1.29, 1.82) is 0 Å². The quantitative estimate of drug-likeness (QED) is 0.304. The highest BCUT2D eigenvalue weighted by atomic mass is 79.9. The highest BCUT2D eigenvalue weighted by Gasteiger charge is 2.14. The fraction of sp³-hybridized carbons (Fsp3) is 0.105. The summed E-state index contributed by atoms with van der Waals surface area (Å²) in [4.78, 5) is 22.2. The first-order valence-corrected chi connectivity index (χ1v) is 9.73. The number of aryl methyl sites for hydroxylation is 1. The molecular formula is C19H15BrClN5O4. The monoisotopic (exact) mass is 491 g/mol. The van der Waals surface area contributed by atoms with Gasteiger partial charge in [0.2, 0.25) is 0 Å². The van der Waals surface area contributed by atoms with Gasteiger partial charge in [-0.15, -0.1) is 0 Å². The molecule has 1 amide bonds. The Labute approximate surface area is 184 Å². The average molecular weight is 493 g/mol. The molecule has 1 heterocycles. The summed E-state index contributed by atoms with van der Waals surface area (Å²) in [6, 6.07) is 13.4. The number of benzene rings is 2. The van der Waals surface area contributed by atoms with Crippen LogP contribution in [0.15, 0.2) is 58.1 Å². The molecule has 3 rings (SSSR count). The lowest BCUT2D eigenvalue weighted by Crippen LogP contribution is -2.24. The summed E-state index contributed by atoms with van der Waals surface area (Å²) >= 11 is 9.56. The van der Waals surface area contributed by atoms with Crippen LogP contribution in [0.5, 0.6) is 5.75 Å². The predicted octanol–water partition coefficient (Wildman–Crippen LogP) is 4.03. The van der Waals surface area contributed by atoms with Crippen LogP contribution < -0.4 is 10.2 Å². The van der Waals surface area contributed by atoms with Crippen LogP contribution in [0.2, 0.25) is 5.15 Å². The van der Waals surface area contributed by atoms with E-state index < -0.39 is 10.8 Å². The summed E-state index contributed by atoms with van der Waals surface area (Å²) in [5.74, 6) is -0.219. The van der Waals surface area contributed by atoms with Gasteiger partial charge < -0.3 is 4.74 Å². The Balaban J connectivity index is 1.60. The Kier molecular flexibility index (Phi) is 6.80. The molecule has 0 aliphatic rings. The van der Waals surface area contributed by atoms with Gasteiger partial charge in [0.1, 0.15) is 10.9 Å². The van der Waals surface area contributed by atoms with Crippen LogP contribution in [0.3, 0.4) is 0 Å². The first-order valence-electron chi connectivity index (χ1n) is 8.56. The molecule has 3 aromatic rings. The maximum Gasteiger partial charge on any atom is 0.277 e. The third kappa shape index (κ3) is 5.02. The van der Waals surface area contributed by atoms with Crippen LogP contribution in [0.1, 0.15) is 11.3 Å². The number of hydrogen-bond donors (Lipinski definition) is 1. The number of rotatable bonds is 7. The molecule has 0 fully saturated rings. The van der Waals surface area contributed by atoms with E-state index in [1.807, 2.05) is 30.3 Å². The molecule has 0 radical (unpaired) electrons. The zero-order chi connectivity index (χ0) is 21.7. The third-order valence-corrected chi connectivity index (χ3v) is 4.90.